The molecule has 0 amide bonds. The molecule has 6 nitrogen and oxygen atoms in total. The highest BCUT2D eigenvalue weighted by Gasteiger charge is 2.14. The van der Waals surface area contributed by atoms with Crippen LogP contribution in [0.1, 0.15) is 18.8 Å². The first-order chi connectivity index (χ1) is 8.79. The number of tetrazole rings is 1. The predicted molar refractivity (Wildman–Crippen MR) is 69.8 cm³/mol. The number of aromatic nitrogens is 5. The van der Waals surface area contributed by atoms with Gasteiger partial charge in [0, 0.05) is 0 Å². The van der Waals surface area contributed by atoms with Crippen LogP contribution in [-0.4, -0.2) is 32.2 Å². The van der Waals surface area contributed by atoms with Crippen LogP contribution in [0.4, 0.5) is 0 Å². The van der Waals surface area contributed by atoms with Crippen LogP contribution in [0.25, 0.3) is 15.9 Å². The predicted octanol–water partition coefficient (Wildman–Crippen LogP) is 1.55. The van der Waals surface area contributed by atoms with Gasteiger partial charge in [-0.2, -0.15) is 4.68 Å². The van der Waals surface area contributed by atoms with E-state index in [0.717, 1.165) is 21.7 Å². The van der Waals surface area contributed by atoms with E-state index < -0.39 is 0 Å². The van der Waals surface area contributed by atoms with Crippen molar-refractivity contribution in [3.63, 3.8) is 0 Å². The summed E-state index contributed by atoms with van der Waals surface area (Å²) in [4.78, 5) is 4.26. The Morgan fingerprint density at radius 1 is 1.39 bits per heavy atom. The molecule has 2 aromatic heterocycles. The normalized spacial score (nSPS) is 13.0. The van der Waals surface area contributed by atoms with Gasteiger partial charge >= 0.3 is 0 Å². The zero-order valence-electron chi connectivity index (χ0n) is 10.0. The van der Waals surface area contributed by atoms with Gasteiger partial charge in [0.15, 0.2) is 5.82 Å². The molecule has 1 N–H and O–H groups in total. The first kappa shape index (κ1) is 11.2. The van der Waals surface area contributed by atoms with Crippen molar-refractivity contribution in [2.24, 2.45) is 0 Å². The Morgan fingerprint density at radius 2 is 2.28 bits per heavy atom. The van der Waals surface area contributed by atoms with Gasteiger partial charge in [-0.25, -0.2) is 4.98 Å². The third-order valence-electron chi connectivity index (χ3n) is 2.87. The average molecular weight is 260 g/mol. The van der Waals surface area contributed by atoms with Gasteiger partial charge in [0.1, 0.15) is 0 Å². The summed E-state index contributed by atoms with van der Waals surface area (Å²) in [5.74, 6) is 0.793. The molecule has 3 rings (SSSR count). The fourth-order valence-electron chi connectivity index (χ4n) is 1.75. The lowest BCUT2D eigenvalue weighted by Gasteiger charge is -2.10. The van der Waals surface area contributed by atoms with Crippen LogP contribution in [0.2, 0.25) is 0 Å². The lowest BCUT2D eigenvalue weighted by atomic mass is 10.2. The first-order valence-corrected chi connectivity index (χ1v) is 6.46. The van der Waals surface area contributed by atoms with Gasteiger partial charge in [-0.05, 0) is 42.6 Å². The fraction of sp³-hybridized carbons (Fsp3) is 0.273. The Balaban J connectivity index is 2.11. The maximum absolute atomic E-state index is 4.26. The van der Waals surface area contributed by atoms with Crippen LogP contribution >= 0.6 is 11.3 Å². The lowest BCUT2D eigenvalue weighted by molar-refractivity contribution is 0.589. The summed E-state index contributed by atoms with van der Waals surface area (Å²) < 4.78 is 2.88. The topological polar surface area (TPSA) is 68.5 Å². The SMILES string of the molecule is CNC(C)c1nnnn1-c1ccc2ncsc2c1. The van der Waals surface area contributed by atoms with Crippen molar-refractivity contribution in [2.45, 2.75) is 13.0 Å². The monoisotopic (exact) mass is 260 g/mol. The third-order valence-corrected chi connectivity index (χ3v) is 3.67. The minimum Gasteiger partial charge on any atom is -0.311 e. The minimum atomic E-state index is 0.0946. The van der Waals surface area contributed by atoms with Crippen LogP contribution in [0, 0.1) is 0 Å². The molecule has 0 spiro atoms. The van der Waals surface area contributed by atoms with Crippen molar-refractivity contribution < 1.29 is 0 Å². The largest absolute Gasteiger partial charge is 0.311 e. The lowest BCUT2D eigenvalue weighted by Crippen LogP contribution is -2.17. The maximum Gasteiger partial charge on any atom is 0.173 e. The van der Waals surface area contributed by atoms with Crippen molar-refractivity contribution in [2.75, 3.05) is 7.05 Å². The van der Waals surface area contributed by atoms with E-state index in [1.165, 1.54) is 0 Å². The number of nitrogens with one attached hydrogen (secondary N) is 1. The second kappa shape index (κ2) is 4.43. The minimum absolute atomic E-state index is 0.0946. The summed E-state index contributed by atoms with van der Waals surface area (Å²) in [6, 6.07) is 6.10. The molecule has 18 heavy (non-hydrogen) atoms. The standard InChI is InChI=1S/C11H12N6S/c1-7(12-2)11-14-15-16-17(11)8-3-4-9-10(5-8)18-6-13-9/h3-7,12H,1-2H3. The molecule has 0 aliphatic carbocycles. The van der Waals surface area contributed by atoms with E-state index in [2.05, 4.69) is 31.9 Å². The maximum atomic E-state index is 4.26. The van der Waals surface area contributed by atoms with Crippen LogP contribution in [-0.2, 0) is 0 Å². The van der Waals surface area contributed by atoms with E-state index in [4.69, 9.17) is 0 Å². The zero-order chi connectivity index (χ0) is 12.5. The summed E-state index contributed by atoms with van der Waals surface area (Å²) in [6.07, 6.45) is 0. The molecule has 0 aliphatic heterocycles. The number of benzene rings is 1. The molecule has 1 unspecified atom stereocenters. The zero-order valence-corrected chi connectivity index (χ0v) is 10.8. The van der Waals surface area contributed by atoms with Gasteiger partial charge < -0.3 is 5.32 Å². The van der Waals surface area contributed by atoms with E-state index in [1.807, 2.05) is 31.6 Å². The molecule has 1 atom stereocenters. The number of fused-ring (bicyclic) bond motifs is 1. The average Bonchev–Trinajstić information content (AvgIpc) is 3.05. The van der Waals surface area contributed by atoms with Crippen LogP contribution < -0.4 is 5.32 Å². The third kappa shape index (κ3) is 1.77. The molecule has 3 aromatic rings. The smallest absolute Gasteiger partial charge is 0.173 e. The molecular weight excluding hydrogens is 248 g/mol. The number of hydrogen-bond acceptors (Lipinski definition) is 6. The highest BCUT2D eigenvalue weighted by Crippen LogP contribution is 2.22. The molecule has 0 aliphatic rings. The van der Waals surface area contributed by atoms with Gasteiger partial charge in [-0.1, -0.05) is 0 Å². The van der Waals surface area contributed by atoms with Crippen molar-refractivity contribution in [1.82, 2.24) is 30.5 Å². The highest BCUT2D eigenvalue weighted by atomic mass is 32.1. The Bertz CT molecular complexity index is 673. The summed E-state index contributed by atoms with van der Waals surface area (Å²) in [5.41, 5.74) is 3.79. The summed E-state index contributed by atoms with van der Waals surface area (Å²) in [5, 5.41) is 15.0. The van der Waals surface area contributed by atoms with E-state index in [9.17, 15) is 0 Å². The first-order valence-electron chi connectivity index (χ1n) is 5.59. The van der Waals surface area contributed by atoms with Crippen molar-refractivity contribution in [3.05, 3.63) is 29.5 Å². The summed E-state index contributed by atoms with van der Waals surface area (Å²) in [6.45, 7) is 2.02. The summed E-state index contributed by atoms with van der Waals surface area (Å²) >= 11 is 1.61. The molecule has 0 saturated carbocycles. The second-order valence-electron chi connectivity index (χ2n) is 3.96. The Morgan fingerprint density at radius 3 is 3.11 bits per heavy atom. The van der Waals surface area contributed by atoms with E-state index in [0.29, 0.717) is 0 Å². The Hall–Kier alpha value is -1.86. The van der Waals surface area contributed by atoms with Crippen LogP contribution in [0.15, 0.2) is 23.7 Å². The number of nitrogens with zero attached hydrogens (tertiary/aromatic N) is 5. The molecule has 0 bridgehead atoms. The fourth-order valence-corrected chi connectivity index (χ4v) is 2.46. The van der Waals surface area contributed by atoms with Crippen molar-refractivity contribution >= 4 is 21.6 Å². The molecule has 92 valence electrons. The van der Waals surface area contributed by atoms with Crippen LogP contribution in [0.3, 0.4) is 0 Å². The Kier molecular flexibility index (Phi) is 2.77. The quantitative estimate of drug-likeness (QED) is 0.774. The molecule has 2 heterocycles. The van der Waals surface area contributed by atoms with Gasteiger partial charge in [0.05, 0.1) is 27.5 Å². The van der Waals surface area contributed by atoms with Gasteiger partial charge in [-0.15, -0.1) is 16.4 Å². The molecule has 1 aromatic carbocycles. The number of hydrogen-bond donors (Lipinski definition) is 1. The van der Waals surface area contributed by atoms with E-state index in [1.54, 1.807) is 16.0 Å². The molecule has 0 saturated heterocycles. The Labute approximate surface area is 108 Å². The molecule has 0 radical (unpaired) electrons. The van der Waals surface area contributed by atoms with Crippen molar-refractivity contribution in [3.8, 4) is 5.69 Å². The second-order valence-corrected chi connectivity index (χ2v) is 4.85. The van der Waals surface area contributed by atoms with Gasteiger partial charge in [0.25, 0.3) is 0 Å². The summed E-state index contributed by atoms with van der Waals surface area (Å²) in [7, 11) is 1.88. The molecular formula is C11H12N6S. The van der Waals surface area contributed by atoms with E-state index in [-0.39, 0.29) is 6.04 Å². The number of rotatable bonds is 3. The van der Waals surface area contributed by atoms with E-state index >= 15 is 0 Å². The number of thiazole rings is 1. The van der Waals surface area contributed by atoms with Gasteiger partial charge in [-0.3, -0.25) is 0 Å². The van der Waals surface area contributed by atoms with Crippen LogP contribution in [0.5, 0.6) is 0 Å². The molecule has 7 heteroatoms. The highest BCUT2D eigenvalue weighted by molar-refractivity contribution is 7.16. The molecule has 0 fully saturated rings. The van der Waals surface area contributed by atoms with Crippen molar-refractivity contribution in [1.29, 1.82) is 0 Å². The van der Waals surface area contributed by atoms with Gasteiger partial charge in [0.2, 0.25) is 0 Å².